The number of carbonyl (C=O) groups is 1. The van der Waals surface area contributed by atoms with Gasteiger partial charge in [-0.2, -0.15) is 0 Å². The van der Waals surface area contributed by atoms with Crippen LogP contribution in [0, 0.1) is 0 Å². The van der Waals surface area contributed by atoms with Gasteiger partial charge in [0.15, 0.2) is 11.4 Å². The summed E-state index contributed by atoms with van der Waals surface area (Å²) in [4.78, 5) is 14.5. The number of hydrogen-bond acceptors (Lipinski definition) is 3. The third-order valence-electron chi connectivity index (χ3n) is 2.23. The van der Waals surface area contributed by atoms with Crippen LogP contribution in [0.3, 0.4) is 0 Å². The minimum absolute atomic E-state index is 0.0624. The Morgan fingerprint density at radius 3 is 2.76 bits per heavy atom. The van der Waals surface area contributed by atoms with Gasteiger partial charge < -0.3 is 14.2 Å². The summed E-state index contributed by atoms with van der Waals surface area (Å²) in [6.45, 7) is 0. The second-order valence-electron chi connectivity index (χ2n) is 3.30. The zero-order valence-corrected chi connectivity index (χ0v) is 8.72. The molecule has 0 aliphatic rings. The lowest BCUT2D eigenvalue weighted by Gasteiger charge is -2.03. The van der Waals surface area contributed by atoms with E-state index in [0.717, 1.165) is 6.20 Å². The van der Waals surface area contributed by atoms with E-state index in [0.29, 0.717) is 0 Å². The van der Waals surface area contributed by atoms with Crippen molar-refractivity contribution in [3.8, 4) is 5.75 Å². The highest BCUT2D eigenvalue weighted by Crippen LogP contribution is 2.25. The molecule has 1 N–H and O–H groups in total. The molecule has 0 aliphatic carbocycles. The molecule has 0 saturated heterocycles. The van der Waals surface area contributed by atoms with Gasteiger partial charge in [0.1, 0.15) is 5.69 Å². The zero-order chi connectivity index (χ0) is 12.6. The molecular weight excluding hydrogens is 234 g/mol. The maximum Gasteiger partial charge on any atom is 0.337 e. The topological polar surface area (TPSA) is 63.8 Å². The Morgan fingerprint density at radius 1 is 1.53 bits per heavy atom. The standard InChI is InChI=1S/C10H8F2N2O3/c1-17-7-2-5(10(15)16)3-14-4-6(8(11)12)13-9(7)14/h2-4,8H,1H3,(H,15,16). The van der Waals surface area contributed by atoms with Gasteiger partial charge >= 0.3 is 5.97 Å². The van der Waals surface area contributed by atoms with E-state index in [9.17, 15) is 13.6 Å². The van der Waals surface area contributed by atoms with Crippen LogP contribution in [0.15, 0.2) is 18.5 Å². The van der Waals surface area contributed by atoms with Crippen LogP contribution < -0.4 is 4.74 Å². The Balaban J connectivity index is 2.69. The molecule has 0 radical (unpaired) electrons. The number of hydrogen-bond donors (Lipinski definition) is 1. The molecule has 90 valence electrons. The Morgan fingerprint density at radius 2 is 2.24 bits per heavy atom. The highest BCUT2D eigenvalue weighted by atomic mass is 19.3. The molecule has 2 rings (SSSR count). The molecule has 0 bridgehead atoms. The van der Waals surface area contributed by atoms with Gasteiger partial charge in [-0.3, -0.25) is 0 Å². The molecule has 0 fully saturated rings. The Bertz CT molecular complexity index is 580. The molecule has 2 aromatic heterocycles. The molecule has 0 amide bonds. The van der Waals surface area contributed by atoms with Crippen molar-refractivity contribution in [1.29, 1.82) is 0 Å². The molecule has 0 aromatic carbocycles. The van der Waals surface area contributed by atoms with Crippen molar-refractivity contribution in [2.24, 2.45) is 0 Å². The maximum absolute atomic E-state index is 12.5. The minimum atomic E-state index is -2.71. The lowest BCUT2D eigenvalue weighted by Crippen LogP contribution is -2.00. The molecular formula is C10H8F2N2O3. The number of imidazole rings is 1. The zero-order valence-electron chi connectivity index (χ0n) is 8.72. The predicted molar refractivity (Wildman–Crippen MR) is 53.7 cm³/mol. The van der Waals surface area contributed by atoms with E-state index in [4.69, 9.17) is 9.84 Å². The molecule has 2 aromatic rings. The number of nitrogens with zero attached hydrogens (tertiary/aromatic N) is 2. The molecule has 0 unspecified atom stereocenters. The van der Waals surface area contributed by atoms with E-state index in [1.807, 2.05) is 0 Å². The summed E-state index contributed by atoms with van der Waals surface area (Å²) >= 11 is 0. The van der Waals surface area contributed by atoms with E-state index < -0.39 is 18.1 Å². The van der Waals surface area contributed by atoms with Crippen molar-refractivity contribution in [2.75, 3.05) is 7.11 Å². The van der Waals surface area contributed by atoms with Crippen LogP contribution in [-0.4, -0.2) is 27.6 Å². The van der Waals surface area contributed by atoms with Gasteiger partial charge in [-0.25, -0.2) is 18.6 Å². The van der Waals surface area contributed by atoms with E-state index in [-0.39, 0.29) is 17.0 Å². The number of pyridine rings is 1. The van der Waals surface area contributed by atoms with Gasteiger partial charge in [-0.1, -0.05) is 0 Å². The average molecular weight is 242 g/mol. The van der Waals surface area contributed by atoms with Gasteiger partial charge in [-0.15, -0.1) is 0 Å². The number of halogens is 2. The molecule has 5 nitrogen and oxygen atoms in total. The number of methoxy groups -OCH3 is 1. The fourth-order valence-corrected chi connectivity index (χ4v) is 1.46. The largest absolute Gasteiger partial charge is 0.493 e. The Hall–Kier alpha value is -2.18. The number of carboxylic acid groups (broad SMARTS) is 1. The second-order valence-corrected chi connectivity index (χ2v) is 3.30. The van der Waals surface area contributed by atoms with Gasteiger partial charge in [0.05, 0.1) is 12.7 Å². The summed E-state index contributed by atoms with van der Waals surface area (Å²) < 4.78 is 31.1. The summed E-state index contributed by atoms with van der Waals surface area (Å²) in [6, 6.07) is 1.24. The molecule has 7 heteroatoms. The van der Waals surface area contributed by atoms with Crippen molar-refractivity contribution in [1.82, 2.24) is 9.38 Å². The van der Waals surface area contributed by atoms with Crippen LogP contribution >= 0.6 is 0 Å². The monoisotopic (exact) mass is 242 g/mol. The van der Waals surface area contributed by atoms with Crippen molar-refractivity contribution in [2.45, 2.75) is 6.43 Å². The number of rotatable bonds is 3. The third-order valence-corrected chi connectivity index (χ3v) is 2.23. The normalized spacial score (nSPS) is 11.1. The SMILES string of the molecule is COc1cc(C(=O)O)cn2cc(C(F)F)nc12. The fraction of sp³-hybridized carbons (Fsp3) is 0.200. The molecule has 0 aliphatic heterocycles. The van der Waals surface area contributed by atoms with Gasteiger partial charge in [-0.05, 0) is 6.07 Å². The second kappa shape index (κ2) is 4.00. The Labute approximate surface area is 94.3 Å². The van der Waals surface area contributed by atoms with E-state index in [2.05, 4.69) is 4.98 Å². The van der Waals surface area contributed by atoms with Crippen molar-refractivity contribution in [3.63, 3.8) is 0 Å². The summed E-state index contributed by atoms with van der Waals surface area (Å²) in [5, 5.41) is 8.84. The maximum atomic E-state index is 12.5. The van der Waals surface area contributed by atoms with E-state index >= 15 is 0 Å². The summed E-state index contributed by atoms with van der Waals surface area (Å²) in [5.74, 6) is -1.03. The van der Waals surface area contributed by atoms with Gasteiger partial charge in [0.2, 0.25) is 0 Å². The van der Waals surface area contributed by atoms with Crippen LogP contribution in [0.2, 0.25) is 0 Å². The van der Waals surface area contributed by atoms with Crippen LogP contribution in [0.25, 0.3) is 5.65 Å². The molecule has 0 spiro atoms. The lowest BCUT2D eigenvalue weighted by molar-refractivity contribution is 0.0696. The number of carboxylic acids is 1. The van der Waals surface area contributed by atoms with Gasteiger partial charge in [0.25, 0.3) is 6.43 Å². The van der Waals surface area contributed by atoms with Crippen LogP contribution in [0.4, 0.5) is 8.78 Å². The summed E-state index contributed by atoms with van der Waals surface area (Å²) in [5.41, 5.74) is -0.328. The molecule has 2 heterocycles. The number of fused-ring (bicyclic) bond motifs is 1. The van der Waals surface area contributed by atoms with Crippen molar-refractivity contribution < 1.29 is 23.4 Å². The number of ether oxygens (including phenoxy) is 1. The number of aromatic carboxylic acids is 1. The van der Waals surface area contributed by atoms with Crippen LogP contribution in [0.1, 0.15) is 22.5 Å². The lowest BCUT2D eigenvalue weighted by atomic mass is 10.3. The third kappa shape index (κ3) is 1.91. The number of alkyl halides is 2. The molecule has 17 heavy (non-hydrogen) atoms. The summed E-state index contributed by atoms with van der Waals surface area (Å²) in [7, 11) is 1.32. The first-order valence-electron chi connectivity index (χ1n) is 4.61. The van der Waals surface area contributed by atoms with Gasteiger partial charge in [0, 0.05) is 12.4 Å². The van der Waals surface area contributed by atoms with Crippen LogP contribution in [-0.2, 0) is 0 Å². The first-order chi connectivity index (χ1) is 8.02. The summed E-state index contributed by atoms with van der Waals surface area (Å²) in [6.07, 6.45) is -0.429. The van der Waals surface area contributed by atoms with Crippen LogP contribution in [0.5, 0.6) is 5.75 Å². The van der Waals surface area contributed by atoms with E-state index in [1.165, 1.54) is 23.8 Å². The molecule has 0 atom stereocenters. The van der Waals surface area contributed by atoms with Crippen molar-refractivity contribution in [3.05, 3.63) is 29.7 Å². The molecule has 0 saturated carbocycles. The number of aromatic nitrogens is 2. The predicted octanol–water partition coefficient (Wildman–Crippen LogP) is 1.98. The first-order valence-corrected chi connectivity index (χ1v) is 4.61. The first kappa shape index (κ1) is 11.3. The fourth-order valence-electron chi connectivity index (χ4n) is 1.46. The minimum Gasteiger partial charge on any atom is -0.493 e. The highest BCUT2D eigenvalue weighted by molar-refractivity contribution is 5.88. The average Bonchev–Trinajstić information content (AvgIpc) is 2.71. The smallest absolute Gasteiger partial charge is 0.337 e. The quantitative estimate of drug-likeness (QED) is 0.893. The van der Waals surface area contributed by atoms with E-state index in [1.54, 1.807) is 0 Å². The highest BCUT2D eigenvalue weighted by Gasteiger charge is 2.16. The Kier molecular flexibility index (Phi) is 2.66. The van der Waals surface area contributed by atoms with Crippen molar-refractivity contribution >= 4 is 11.6 Å².